The van der Waals surface area contributed by atoms with Gasteiger partial charge < -0.3 is 4.74 Å². The minimum absolute atomic E-state index is 0.158. The van der Waals surface area contributed by atoms with Crippen molar-refractivity contribution in [3.05, 3.63) is 41.6 Å². The van der Waals surface area contributed by atoms with Crippen LogP contribution in [0.1, 0.15) is 22.3 Å². The molecule has 0 aliphatic heterocycles. The Morgan fingerprint density at radius 1 is 1.32 bits per heavy atom. The first kappa shape index (κ1) is 16.4. The SMILES string of the molecule is COCCCS(=O)(=O)NC(=O)c1c(C)cnc2ccccc12. The smallest absolute Gasteiger partial charge is 0.265 e. The molecule has 0 aliphatic rings. The molecule has 22 heavy (non-hydrogen) atoms. The first-order chi connectivity index (χ1) is 10.4. The van der Waals surface area contributed by atoms with Crippen molar-refractivity contribution in [1.82, 2.24) is 9.71 Å². The number of fused-ring (bicyclic) bond motifs is 1. The molecule has 0 spiro atoms. The van der Waals surface area contributed by atoms with E-state index in [0.29, 0.717) is 35.1 Å². The van der Waals surface area contributed by atoms with Crippen LogP contribution in [0, 0.1) is 6.92 Å². The highest BCUT2D eigenvalue weighted by molar-refractivity contribution is 7.90. The van der Waals surface area contributed by atoms with Crippen LogP contribution in [0.2, 0.25) is 0 Å². The molecule has 0 bridgehead atoms. The molecule has 118 valence electrons. The molecule has 0 aliphatic carbocycles. The molecule has 0 radical (unpaired) electrons. The second-order valence-corrected chi connectivity index (χ2v) is 6.77. The molecule has 7 heteroatoms. The summed E-state index contributed by atoms with van der Waals surface area (Å²) in [4.78, 5) is 16.6. The lowest BCUT2D eigenvalue weighted by Crippen LogP contribution is -2.33. The number of rotatable bonds is 6. The van der Waals surface area contributed by atoms with E-state index >= 15 is 0 Å². The van der Waals surface area contributed by atoms with Gasteiger partial charge in [-0.15, -0.1) is 0 Å². The summed E-state index contributed by atoms with van der Waals surface area (Å²) in [7, 11) is -2.19. The monoisotopic (exact) mass is 322 g/mol. The average Bonchev–Trinajstić information content (AvgIpc) is 2.46. The van der Waals surface area contributed by atoms with Crippen LogP contribution in [0.5, 0.6) is 0 Å². The zero-order valence-electron chi connectivity index (χ0n) is 12.5. The number of benzene rings is 1. The normalized spacial score (nSPS) is 11.5. The zero-order valence-corrected chi connectivity index (χ0v) is 13.3. The van der Waals surface area contributed by atoms with Gasteiger partial charge in [0.1, 0.15) is 0 Å². The van der Waals surface area contributed by atoms with Crippen LogP contribution < -0.4 is 4.72 Å². The molecule has 1 aromatic carbocycles. The molecule has 2 aromatic rings. The molecule has 1 N–H and O–H groups in total. The average molecular weight is 322 g/mol. The number of aromatic nitrogens is 1. The van der Waals surface area contributed by atoms with E-state index in [2.05, 4.69) is 9.71 Å². The van der Waals surface area contributed by atoms with E-state index in [9.17, 15) is 13.2 Å². The minimum Gasteiger partial charge on any atom is -0.385 e. The van der Waals surface area contributed by atoms with Gasteiger partial charge in [0.05, 0.1) is 16.8 Å². The standard InChI is InChI=1S/C15H18N2O4S/c1-11-10-16-13-7-4-3-6-12(13)14(11)15(18)17-22(19,20)9-5-8-21-2/h3-4,6-7,10H,5,8-9H2,1-2H3,(H,17,18). The number of hydrogen-bond acceptors (Lipinski definition) is 5. The highest BCUT2D eigenvalue weighted by Gasteiger charge is 2.19. The van der Waals surface area contributed by atoms with E-state index in [-0.39, 0.29) is 5.75 Å². The van der Waals surface area contributed by atoms with Gasteiger partial charge >= 0.3 is 0 Å². The van der Waals surface area contributed by atoms with Gasteiger partial charge in [0, 0.05) is 25.3 Å². The van der Waals surface area contributed by atoms with Crippen LogP contribution in [0.25, 0.3) is 10.9 Å². The van der Waals surface area contributed by atoms with E-state index in [1.54, 1.807) is 31.3 Å². The zero-order chi connectivity index (χ0) is 16.2. The minimum atomic E-state index is -3.69. The van der Waals surface area contributed by atoms with E-state index in [0.717, 1.165) is 0 Å². The third-order valence-electron chi connectivity index (χ3n) is 3.20. The molecule has 0 unspecified atom stereocenters. The summed E-state index contributed by atoms with van der Waals surface area (Å²) < 4.78 is 30.8. The quantitative estimate of drug-likeness (QED) is 0.817. The lowest BCUT2D eigenvalue weighted by Gasteiger charge is -2.11. The third-order valence-corrected chi connectivity index (χ3v) is 4.52. The topological polar surface area (TPSA) is 85.4 Å². The Morgan fingerprint density at radius 3 is 2.77 bits per heavy atom. The van der Waals surface area contributed by atoms with Crippen LogP contribution >= 0.6 is 0 Å². The second-order valence-electron chi connectivity index (χ2n) is 4.93. The first-order valence-electron chi connectivity index (χ1n) is 6.83. The number of ether oxygens (including phenoxy) is 1. The fourth-order valence-corrected chi connectivity index (χ4v) is 3.16. The summed E-state index contributed by atoms with van der Waals surface area (Å²) in [5.74, 6) is -0.789. The van der Waals surface area contributed by atoms with Gasteiger partial charge in [0.25, 0.3) is 5.91 Å². The van der Waals surface area contributed by atoms with Gasteiger partial charge in [-0.3, -0.25) is 9.78 Å². The number of hydrogen-bond donors (Lipinski definition) is 1. The Bertz CT molecular complexity index is 787. The molecule has 0 saturated heterocycles. The van der Waals surface area contributed by atoms with E-state index in [1.807, 2.05) is 6.07 Å². The highest BCUT2D eigenvalue weighted by atomic mass is 32.2. The van der Waals surface area contributed by atoms with E-state index in [1.165, 1.54) is 7.11 Å². The van der Waals surface area contributed by atoms with Crippen molar-refractivity contribution in [3.63, 3.8) is 0 Å². The predicted molar refractivity (Wildman–Crippen MR) is 84.2 cm³/mol. The Morgan fingerprint density at radius 2 is 2.05 bits per heavy atom. The highest BCUT2D eigenvalue weighted by Crippen LogP contribution is 2.20. The Hall–Kier alpha value is -1.99. The maximum absolute atomic E-state index is 12.4. The van der Waals surface area contributed by atoms with Crippen molar-refractivity contribution in [3.8, 4) is 0 Å². The summed E-state index contributed by atoms with van der Waals surface area (Å²) in [5, 5.41) is 0.632. The molecule has 6 nitrogen and oxygen atoms in total. The van der Waals surface area contributed by atoms with Crippen molar-refractivity contribution < 1.29 is 17.9 Å². The predicted octanol–water partition coefficient (Wildman–Crippen LogP) is 1.64. The summed E-state index contributed by atoms with van der Waals surface area (Å²) in [6.07, 6.45) is 1.89. The second kappa shape index (κ2) is 6.85. The first-order valence-corrected chi connectivity index (χ1v) is 8.48. The van der Waals surface area contributed by atoms with Gasteiger partial charge in [0.15, 0.2) is 0 Å². The van der Waals surface area contributed by atoms with Crippen molar-refractivity contribution in [2.24, 2.45) is 0 Å². The molecule has 1 aromatic heterocycles. The Kier molecular flexibility index (Phi) is 5.10. The number of amides is 1. The van der Waals surface area contributed by atoms with Gasteiger partial charge in [-0.05, 0) is 25.0 Å². The lowest BCUT2D eigenvalue weighted by atomic mass is 10.0. The number of carbonyl (C=O) groups excluding carboxylic acids is 1. The van der Waals surface area contributed by atoms with E-state index < -0.39 is 15.9 Å². The van der Waals surface area contributed by atoms with Crippen molar-refractivity contribution in [2.45, 2.75) is 13.3 Å². The van der Waals surface area contributed by atoms with Crippen LogP contribution in [0.4, 0.5) is 0 Å². The number of nitrogens with zero attached hydrogens (tertiary/aromatic N) is 1. The number of nitrogens with one attached hydrogen (secondary N) is 1. The van der Waals surface area contributed by atoms with Crippen LogP contribution in [-0.2, 0) is 14.8 Å². The summed E-state index contributed by atoms with van der Waals surface area (Å²) in [6.45, 7) is 2.05. The van der Waals surface area contributed by atoms with Crippen molar-refractivity contribution >= 4 is 26.8 Å². The molecule has 1 heterocycles. The number of methoxy groups -OCH3 is 1. The van der Waals surface area contributed by atoms with Crippen molar-refractivity contribution in [1.29, 1.82) is 0 Å². The number of pyridine rings is 1. The van der Waals surface area contributed by atoms with Crippen LogP contribution in [-0.4, -0.2) is 38.8 Å². The number of para-hydroxylation sites is 1. The maximum atomic E-state index is 12.4. The summed E-state index contributed by atoms with van der Waals surface area (Å²) >= 11 is 0. The van der Waals surface area contributed by atoms with Crippen molar-refractivity contribution in [2.75, 3.05) is 19.5 Å². The number of sulfonamides is 1. The number of carbonyl (C=O) groups is 1. The molecular weight excluding hydrogens is 304 g/mol. The van der Waals surface area contributed by atoms with E-state index in [4.69, 9.17) is 4.74 Å². The van der Waals surface area contributed by atoms with Crippen LogP contribution in [0.15, 0.2) is 30.5 Å². The Labute approximate surface area is 129 Å². The van der Waals surface area contributed by atoms with Crippen LogP contribution in [0.3, 0.4) is 0 Å². The molecular formula is C15H18N2O4S. The Balaban J connectivity index is 2.28. The molecule has 2 rings (SSSR count). The van der Waals surface area contributed by atoms with Gasteiger partial charge in [-0.25, -0.2) is 13.1 Å². The molecule has 1 amide bonds. The summed E-state index contributed by atoms with van der Waals surface area (Å²) in [5.41, 5.74) is 1.61. The molecule has 0 atom stereocenters. The molecule has 0 fully saturated rings. The fraction of sp³-hybridized carbons (Fsp3) is 0.333. The maximum Gasteiger partial charge on any atom is 0.265 e. The lowest BCUT2D eigenvalue weighted by molar-refractivity contribution is 0.0982. The third kappa shape index (κ3) is 3.80. The largest absolute Gasteiger partial charge is 0.385 e. The summed E-state index contributed by atoms with van der Waals surface area (Å²) in [6, 6.07) is 7.13. The van der Waals surface area contributed by atoms with Gasteiger partial charge in [-0.2, -0.15) is 0 Å². The number of aryl methyl sites for hydroxylation is 1. The van der Waals surface area contributed by atoms with Gasteiger partial charge in [-0.1, -0.05) is 18.2 Å². The van der Waals surface area contributed by atoms with Gasteiger partial charge in [0.2, 0.25) is 10.0 Å². The molecule has 0 saturated carbocycles. The fourth-order valence-electron chi connectivity index (χ4n) is 2.18.